The van der Waals surface area contributed by atoms with E-state index in [0.29, 0.717) is 6.54 Å². The van der Waals surface area contributed by atoms with Gasteiger partial charge in [0.2, 0.25) is 5.91 Å². The lowest BCUT2D eigenvalue weighted by atomic mass is 10.2. The van der Waals surface area contributed by atoms with Crippen LogP contribution in [-0.4, -0.2) is 30.1 Å². The van der Waals surface area contributed by atoms with Gasteiger partial charge in [0.1, 0.15) is 0 Å². The first kappa shape index (κ1) is 15.8. The second-order valence-electron chi connectivity index (χ2n) is 4.92. The molecular weight excluding hydrogens is 332 g/mol. The highest BCUT2D eigenvalue weighted by molar-refractivity contribution is 8.15. The molecule has 0 spiro atoms. The molecule has 1 amide bonds. The highest BCUT2D eigenvalue weighted by atomic mass is 32.2. The molecule has 0 bridgehead atoms. The number of amidine groups is 1. The maximum absolute atomic E-state index is 12.4. The van der Waals surface area contributed by atoms with Gasteiger partial charge >= 0.3 is 0 Å². The van der Waals surface area contributed by atoms with Crippen LogP contribution >= 0.6 is 11.8 Å². The Morgan fingerprint density at radius 2 is 1.61 bits per heavy atom. The van der Waals surface area contributed by atoms with Crippen LogP contribution in [0.5, 0.6) is 0 Å². The molecule has 3 rings (SSSR count). The summed E-state index contributed by atoms with van der Waals surface area (Å²) >= 11 is 1.15. The van der Waals surface area contributed by atoms with E-state index in [9.17, 15) is 13.2 Å². The zero-order valence-electron chi connectivity index (χ0n) is 12.1. The summed E-state index contributed by atoms with van der Waals surface area (Å²) in [6.07, 6.45) is 0. The largest absolute Gasteiger partial charge is 0.285 e. The molecule has 0 atom stereocenters. The molecule has 0 radical (unpaired) electrons. The number of sulfonamides is 1. The number of thioether (sulfide) groups is 1. The number of hydrogen-bond donors (Lipinski definition) is 0. The first-order valence-electron chi connectivity index (χ1n) is 6.93. The van der Waals surface area contributed by atoms with Gasteiger partial charge < -0.3 is 0 Å². The first-order valence-corrected chi connectivity index (χ1v) is 9.36. The Hall–Kier alpha value is -2.12. The van der Waals surface area contributed by atoms with Crippen LogP contribution in [0.25, 0.3) is 0 Å². The van der Waals surface area contributed by atoms with Gasteiger partial charge in [-0.1, -0.05) is 60.3 Å². The summed E-state index contributed by atoms with van der Waals surface area (Å²) in [4.78, 5) is 13.6. The zero-order valence-corrected chi connectivity index (χ0v) is 13.8. The second-order valence-corrected chi connectivity index (χ2v) is 7.46. The Bertz CT molecular complexity index is 834. The fourth-order valence-electron chi connectivity index (χ4n) is 2.13. The minimum absolute atomic E-state index is 0.118. The third-order valence-electron chi connectivity index (χ3n) is 3.28. The van der Waals surface area contributed by atoms with Crippen molar-refractivity contribution in [3.8, 4) is 0 Å². The van der Waals surface area contributed by atoms with E-state index in [4.69, 9.17) is 0 Å². The monoisotopic (exact) mass is 346 g/mol. The summed E-state index contributed by atoms with van der Waals surface area (Å²) in [6, 6.07) is 17.4. The van der Waals surface area contributed by atoms with E-state index in [2.05, 4.69) is 4.40 Å². The van der Waals surface area contributed by atoms with Crippen LogP contribution in [0.3, 0.4) is 0 Å². The van der Waals surface area contributed by atoms with Gasteiger partial charge in [-0.05, 0) is 17.7 Å². The van der Waals surface area contributed by atoms with Crippen molar-refractivity contribution in [1.29, 1.82) is 0 Å². The number of benzene rings is 2. The lowest BCUT2D eigenvalue weighted by Gasteiger charge is -2.15. The number of nitrogens with zero attached hydrogens (tertiary/aromatic N) is 2. The van der Waals surface area contributed by atoms with Gasteiger partial charge in [0, 0.05) is 0 Å². The average molecular weight is 346 g/mol. The van der Waals surface area contributed by atoms with Crippen LogP contribution in [-0.2, 0) is 21.4 Å². The van der Waals surface area contributed by atoms with Crippen molar-refractivity contribution in [3.05, 3.63) is 66.2 Å². The van der Waals surface area contributed by atoms with Crippen molar-refractivity contribution >= 4 is 32.9 Å². The number of hydrogen-bond acceptors (Lipinski definition) is 4. The quantitative estimate of drug-likeness (QED) is 0.853. The standard InChI is InChI=1S/C16H14N2O3S2/c19-15-12-22-16(18(15)11-13-7-3-1-4-8-13)17-23(20,21)14-9-5-2-6-10-14/h1-10H,11-12H2. The molecule has 2 aromatic rings. The molecule has 1 aliphatic heterocycles. The summed E-state index contributed by atoms with van der Waals surface area (Å²) in [5.41, 5.74) is 0.924. The molecule has 7 heteroatoms. The van der Waals surface area contributed by atoms with Gasteiger partial charge in [0.15, 0.2) is 5.17 Å². The smallest absolute Gasteiger partial charge is 0.284 e. The summed E-state index contributed by atoms with van der Waals surface area (Å²) in [5, 5.41) is 0.225. The molecule has 0 aromatic heterocycles. The van der Waals surface area contributed by atoms with Crippen molar-refractivity contribution in [2.24, 2.45) is 4.40 Å². The van der Waals surface area contributed by atoms with E-state index in [1.807, 2.05) is 30.3 Å². The Labute approximate surface area is 139 Å². The first-order chi connectivity index (χ1) is 11.1. The number of rotatable bonds is 4. The van der Waals surface area contributed by atoms with E-state index in [0.717, 1.165) is 17.3 Å². The Morgan fingerprint density at radius 1 is 1.00 bits per heavy atom. The molecule has 5 nitrogen and oxygen atoms in total. The van der Waals surface area contributed by atoms with Crippen LogP contribution in [0.4, 0.5) is 0 Å². The van der Waals surface area contributed by atoms with Crippen molar-refractivity contribution < 1.29 is 13.2 Å². The Kier molecular flexibility index (Phi) is 4.49. The van der Waals surface area contributed by atoms with Crippen LogP contribution in [0.15, 0.2) is 70.0 Å². The van der Waals surface area contributed by atoms with Crippen molar-refractivity contribution in [2.45, 2.75) is 11.4 Å². The van der Waals surface area contributed by atoms with Crippen molar-refractivity contribution in [2.75, 3.05) is 5.75 Å². The fraction of sp³-hybridized carbons (Fsp3) is 0.125. The van der Waals surface area contributed by atoms with E-state index in [-0.39, 0.29) is 21.7 Å². The lowest BCUT2D eigenvalue weighted by Crippen LogP contribution is -2.29. The van der Waals surface area contributed by atoms with Crippen LogP contribution < -0.4 is 0 Å². The third kappa shape index (κ3) is 3.62. The normalized spacial score (nSPS) is 17.0. The summed E-state index contributed by atoms with van der Waals surface area (Å²) in [6.45, 7) is 0.315. The van der Waals surface area contributed by atoms with Crippen LogP contribution in [0.1, 0.15) is 5.56 Å². The number of carbonyl (C=O) groups excluding carboxylic acids is 1. The molecule has 23 heavy (non-hydrogen) atoms. The number of carbonyl (C=O) groups is 1. The van der Waals surface area contributed by atoms with E-state index in [1.165, 1.54) is 17.0 Å². The Morgan fingerprint density at radius 3 is 2.26 bits per heavy atom. The molecular formula is C16H14N2O3S2. The molecule has 0 N–H and O–H groups in total. The summed E-state index contributed by atoms with van der Waals surface area (Å²) < 4.78 is 28.6. The third-order valence-corrected chi connectivity index (χ3v) is 5.64. The molecule has 2 aromatic carbocycles. The fourth-order valence-corrected chi connectivity index (χ4v) is 4.28. The SMILES string of the molecule is O=C1CSC(=NS(=O)(=O)c2ccccc2)N1Cc1ccccc1. The van der Waals surface area contributed by atoms with Gasteiger partial charge in [0.25, 0.3) is 10.0 Å². The average Bonchev–Trinajstić information content (AvgIpc) is 2.89. The van der Waals surface area contributed by atoms with Crippen molar-refractivity contribution in [3.63, 3.8) is 0 Å². The molecule has 0 aliphatic carbocycles. The van der Waals surface area contributed by atoms with Gasteiger partial charge in [-0.25, -0.2) is 0 Å². The lowest BCUT2D eigenvalue weighted by molar-refractivity contribution is -0.124. The molecule has 1 aliphatic rings. The minimum Gasteiger partial charge on any atom is -0.285 e. The van der Waals surface area contributed by atoms with Crippen LogP contribution in [0.2, 0.25) is 0 Å². The molecule has 0 saturated carbocycles. The molecule has 1 fully saturated rings. The predicted molar refractivity (Wildman–Crippen MR) is 90.5 cm³/mol. The predicted octanol–water partition coefficient (Wildman–Crippen LogP) is 2.51. The van der Waals surface area contributed by atoms with Crippen LogP contribution in [0, 0.1) is 0 Å². The topological polar surface area (TPSA) is 66.8 Å². The molecule has 0 unspecified atom stereocenters. The van der Waals surface area contributed by atoms with E-state index in [1.54, 1.807) is 18.2 Å². The summed E-state index contributed by atoms with van der Waals surface area (Å²) in [5.74, 6) is 0.0663. The maximum Gasteiger partial charge on any atom is 0.284 e. The van der Waals surface area contributed by atoms with Gasteiger partial charge in [-0.15, -0.1) is 4.40 Å². The van der Waals surface area contributed by atoms with Gasteiger partial charge in [-0.2, -0.15) is 8.42 Å². The van der Waals surface area contributed by atoms with Crippen molar-refractivity contribution in [1.82, 2.24) is 4.90 Å². The molecule has 118 valence electrons. The minimum atomic E-state index is -3.82. The highest BCUT2D eigenvalue weighted by Crippen LogP contribution is 2.24. The second kappa shape index (κ2) is 6.55. The Balaban J connectivity index is 1.90. The van der Waals surface area contributed by atoms with E-state index >= 15 is 0 Å². The number of amides is 1. The summed E-state index contributed by atoms with van der Waals surface area (Å²) in [7, 11) is -3.82. The molecule has 1 saturated heterocycles. The maximum atomic E-state index is 12.4. The zero-order chi connectivity index (χ0) is 16.3. The molecule has 1 heterocycles. The van der Waals surface area contributed by atoms with Gasteiger partial charge in [-0.3, -0.25) is 9.69 Å². The highest BCUT2D eigenvalue weighted by Gasteiger charge is 2.30. The van der Waals surface area contributed by atoms with Gasteiger partial charge in [0.05, 0.1) is 17.2 Å². The van der Waals surface area contributed by atoms with E-state index < -0.39 is 10.0 Å².